The second kappa shape index (κ2) is 6.67. The van der Waals surface area contributed by atoms with Crippen LogP contribution in [0.3, 0.4) is 0 Å². The molecular weight excluding hydrogens is 212 g/mol. The van der Waals surface area contributed by atoms with E-state index in [1.807, 2.05) is 6.20 Å². The van der Waals surface area contributed by atoms with Crippen LogP contribution in [-0.4, -0.2) is 41.0 Å². The molecule has 1 fully saturated rings. The van der Waals surface area contributed by atoms with Gasteiger partial charge in [-0.1, -0.05) is 12.8 Å². The van der Waals surface area contributed by atoms with Crippen molar-refractivity contribution in [1.29, 1.82) is 0 Å². The third kappa shape index (κ3) is 4.06. The zero-order chi connectivity index (χ0) is 11.9. The molecule has 1 aliphatic rings. The van der Waals surface area contributed by atoms with E-state index >= 15 is 0 Å². The summed E-state index contributed by atoms with van der Waals surface area (Å²) in [6.45, 7) is 2.95. The highest BCUT2D eigenvalue weighted by atomic mass is 15.1. The molecule has 0 bridgehead atoms. The molecule has 94 valence electrons. The van der Waals surface area contributed by atoms with E-state index in [0.29, 0.717) is 0 Å². The van der Waals surface area contributed by atoms with Crippen LogP contribution in [0.25, 0.3) is 0 Å². The maximum atomic E-state index is 4.23. The highest BCUT2D eigenvalue weighted by molar-refractivity contribution is 4.93. The summed E-state index contributed by atoms with van der Waals surface area (Å²) < 4.78 is 0. The maximum absolute atomic E-state index is 4.23. The number of nitrogens with zero attached hydrogens (tertiary/aromatic N) is 3. The van der Waals surface area contributed by atoms with Crippen molar-refractivity contribution in [3.8, 4) is 0 Å². The molecule has 1 aromatic heterocycles. The first kappa shape index (κ1) is 12.5. The van der Waals surface area contributed by atoms with Gasteiger partial charge in [0.2, 0.25) is 0 Å². The van der Waals surface area contributed by atoms with Crippen LogP contribution in [0.4, 0.5) is 0 Å². The average Bonchev–Trinajstić information content (AvgIpc) is 2.89. The number of aromatic nitrogens is 2. The molecule has 0 amide bonds. The Bertz CT molecular complexity index is 308. The Balaban J connectivity index is 1.59. The van der Waals surface area contributed by atoms with E-state index in [9.17, 15) is 0 Å². The van der Waals surface area contributed by atoms with E-state index in [2.05, 4.69) is 27.2 Å². The van der Waals surface area contributed by atoms with Gasteiger partial charge >= 0.3 is 0 Å². The number of rotatable bonds is 6. The number of nitrogens with one attached hydrogen (secondary N) is 1. The molecule has 0 spiro atoms. The predicted octanol–water partition coefficient (Wildman–Crippen LogP) is 1.44. The Hall–Kier alpha value is -1.00. The van der Waals surface area contributed by atoms with Crippen molar-refractivity contribution < 1.29 is 0 Å². The lowest BCUT2D eigenvalue weighted by molar-refractivity contribution is 0.245. The molecule has 0 aromatic carbocycles. The van der Waals surface area contributed by atoms with Crippen molar-refractivity contribution in [2.45, 2.75) is 38.3 Å². The molecule has 1 saturated carbocycles. The quantitative estimate of drug-likeness (QED) is 0.756. The standard InChI is InChI=1S/C13H22N4/c1-17(13-4-2-3-5-13)9-8-15-11-12-10-14-6-7-16-12/h6-7,10,13,15H,2-5,8-9,11H2,1H3. The average molecular weight is 234 g/mol. The van der Waals surface area contributed by atoms with Gasteiger partial charge in [0, 0.05) is 44.3 Å². The third-order valence-corrected chi connectivity index (χ3v) is 3.51. The summed E-state index contributed by atoms with van der Waals surface area (Å²) in [7, 11) is 2.24. The van der Waals surface area contributed by atoms with Crippen LogP contribution in [0.5, 0.6) is 0 Å². The van der Waals surface area contributed by atoms with Crippen LogP contribution in [0.1, 0.15) is 31.4 Å². The van der Waals surface area contributed by atoms with Crippen molar-refractivity contribution in [1.82, 2.24) is 20.2 Å². The van der Waals surface area contributed by atoms with E-state index in [1.54, 1.807) is 12.4 Å². The van der Waals surface area contributed by atoms with Gasteiger partial charge in [-0.15, -0.1) is 0 Å². The monoisotopic (exact) mass is 234 g/mol. The van der Waals surface area contributed by atoms with E-state index in [-0.39, 0.29) is 0 Å². The Morgan fingerprint density at radius 1 is 1.35 bits per heavy atom. The fourth-order valence-corrected chi connectivity index (χ4v) is 2.42. The molecular formula is C13H22N4. The lowest BCUT2D eigenvalue weighted by Crippen LogP contribution is -2.35. The first-order valence-electron chi connectivity index (χ1n) is 6.52. The van der Waals surface area contributed by atoms with Gasteiger partial charge in [-0.05, 0) is 19.9 Å². The van der Waals surface area contributed by atoms with Crippen molar-refractivity contribution in [2.24, 2.45) is 0 Å². The van der Waals surface area contributed by atoms with Crippen LogP contribution >= 0.6 is 0 Å². The molecule has 0 radical (unpaired) electrons. The SMILES string of the molecule is CN(CCNCc1cnccn1)C1CCCC1. The zero-order valence-corrected chi connectivity index (χ0v) is 10.6. The summed E-state index contributed by atoms with van der Waals surface area (Å²) in [5.74, 6) is 0. The lowest BCUT2D eigenvalue weighted by atomic mass is 10.2. The Kier molecular flexibility index (Phi) is 4.88. The van der Waals surface area contributed by atoms with Crippen molar-refractivity contribution in [3.63, 3.8) is 0 Å². The summed E-state index contributed by atoms with van der Waals surface area (Å²) in [6, 6.07) is 0.813. The van der Waals surface area contributed by atoms with Gasteiger partial charge in [-0.2, -0.15) is 0 Å². The highest BCUT2D eigenvalue weighted by Crippen LogP contribution is 2.21. The molecule has 0 unspecified atom stereocenters. The first-order chi connectivity index (χ1) is 8.36. The Morgan fingerprint density at radius 3 is 2.88 bits per heavy atom. The molecule has 4 nitrogen and oxygen atoms in total. The molecule has 2 rings (SSSR count). The predicted molar refractivity (Wildman–Crippen MR) is 68.6 cm³/mol. The minimum absolute atomic E-state index is 0.812. The molecule has 4 heteroatoms. The van der Waals surface area contributed by atoms with Crippen LogP contribution in [-0.2, 0) is 6.54 Å². The number of likely N-dealkylation sites (N-methyl/N-ethyl adjacent to an activating group) is 1. The number of hydrogen-bond acceptors (Lipinski definition) is 4. The van der Waals surface area contributed by atoms with Crippen LogP contribution < -0.4 is 5.32 Å². The molecule has 1 aliphatic carbocycles. The van der Waals surface area contributed by atoms with Gasteiger partial charge in [0.25, 0.3) is 0 Å². The summed E-state index contributed by atoms with van der Waals surface area (Å²) >= 11 is 0. The van der Waals surface area contributed by atoms with Crippen LogP contribution in [0.15, 0.2) is 18.6 Å². The summed E-state index contributed by atoms with van der Waals surface area (Å²) in [6.07, 6.45) is 10.8. The third-order valence-electron chi connectivity index (χ3n) is 3.51. The fourth-order valence-electron chi connectivity index (χ4n) is 2.42. The smallest absolute Gasteiger partial charge is 0.0724 e. The highest BCUT2D eigenvalue weighted by Gasteiger charge is 2.18. The largest absolute Gasteiger partial charge is 0.310 e. The molecule has 1 aromatic rings. The summed E-state index contributed by atoms with van der Waals surface area (Å²) in [4.78, 5) is 10.8. The van der Waals surface area contributed by atoms with Gasteiger partial charge in [0.1, 0.15) is 0 Å². The van der Waals surface area contributed by atoms with Crippen molar-refractivity contribution in [3.05, 3.63) is 24.3 Å². The molecule has 0 atom stereocenters. The minimum Gasteiger partial charge on any atom is -0.310 e. The Morgan fingerprint density at radius 2 is 2.18 bits per heavy atom. The van der Waals surface area contributed by atoms with Gasteiger partial charge in [0.15, 0.2) is 0 Å². The van der Waals surface area contributed by atoms with E-state index < -0.39 is 0 Å². The number of hydrogen-bond donors (Lipinski definition) is 1. The van der Waals surface area contributed by atoms with E-state index in [4.69, 9.17) is 0 Å². The second-order valence-corrected chi connectivity index (χ2v) is 4.79. The molecule has 0 aliphatic heterocycles. The minimum atomic E-state index is 0.812. The molecule has 0 saturated heterocycles. The summed E-state index contributed by atoms with van der Waals surface area (Å²) in [5.41, 5.74) is 1.01. The van der Waals surface area contributed by atoms with Gasteiger partial charge < -0.3 is 10.2 Å². The topological polar surface area (TPSA) is 41.0 Å². The van der Waals surface area contributed by atoms with Crippen LogP contribution in [0.2, 0.25) is 0 Å². The van der Waals surface area contributed by atoms with Gasteiger partial charge in [-0.3, -0.25) is 9.97 Å². The zero-order valence-electron chi connectivity index (χ0n) is 10.6. The van der Waals surface area contributed by atoms with Crippen LogP contribution in [0, 0.1) is 0 Å². The van der Waals surface area contributed by atoms with Crippen molar-refractivity contribution in [2.75, 3.05) is 20.1 Å². The maximum Gasteiger partial charge on any atom is 0.0724 e. The second-order valence-electron chi connectivity index (χ2n) is 4.79. The summed E-state index contributed by atoms with van der Waals surface area (Å²) in [5, 5.41) is 3.41. The van der Waals surface area contributed by atoms with E-state index in [0.717, 1.165) is 31.4 Å². The normalized spacial score (nSPS) is 16.8. The Labute approximate surface area is 103 Å². The van der Waals surface area contributed by atoms with Gasteiger partial charge in [0.05, 0.1) is 5.69 Å². The van der Waals surface area contributed by atoms with E-state index in [1.165, 1.54) is 25.7 Å². The molecule has 17 heavy (non-hydrogen) atoms. The molecule has 1 N–H and O–H groups in total. The fraction of sp³-hybridized carbons (Fsp3) is 0.692. The lowest BCUT2D eigenvalue weighted by Gasteiger charge is -2.23. The molecule has 1 heterocycles. The van der Waals surface area contributed by atoms with Gasteiger partial charge in [-0.25, -0.2) is 0 Å². The van der Waals surface area contributed by atoms with Crippen molar-refractivity contribution >= 4 is 0 Å². The first-order valence-corrected chi connectivity index (χ1v) is 6.52.